The molecular formula is C18H29N5O. The van der Waals surface area contributed by atoms with Gasteiger partial charge in [0.2, 0.25) is 5.91 Å². The molecule has 0 aliphatic carbocycles. The molecule has 1 aromatic rings. The van der Waals surface area contributed by atoms with E-state index in [0.29, 0.717) is 11.9 Å². The fourth-order valence-corrected chi connectivity index (χ4v) is 3.71. The van der Waals surface area contributed by atoms with Crippen molar-refractivity contribution in [3.8, 4) is 0 Å². The third kappa shape index (κ3) is 4.23. The van der Waals surface area contributed by atoms with Crippen LogP contribution >= 0.6 is 0 Å². The predicted molar refractivity (Wildman–Crippen MR) is 95.1 cm³/mol. The Bertz CT molecular complexity index is 556. The van der Waals surface area contributed by atoms with Crippen molar-refractivity contribution >= 4 is 11.7 Å². The van der Waals surface area contributed by atoms with Crippen LogP contribution in [0.1, 0.15) is 37.8 Å². The fourth-order valence-electron chi connectivity index (χ4n) is 3.71. The van der Waals surface area contributed by atoms with Gasteiger partial charge in [0.1, 0.15) is 12.1 Å². The van der Waals surface area contributed by atoms with E-state index in [1.54, 1.807) is 6.33 Å². The molecule has 6 heteroatoms. The van der Waals surface area contributed by atoms with E-state index < -0.39 is 0 Å². The molecule has 0 bridgehead atoms. The largest absolute Gasteiger partial charge is 0.356 e. The summed E-state index contributed by atoms with van der Waals surface area (Å²) in [7, 11) is 2.13. The lowest BCUT2D eigenvalue weighted by Gasteiger charge is -2.38. The third-order valence-electron chi connectivity index (χ3n) is 5.36. The minimum atomic E-state index is 0.343. The molecule has 0 N–H and O–H groups in total. The lowest BCUT2D eigenvalue weighted by Crippen LogP contribution is -2.47. The second-order valence-corrected chi connectivity index (χ2v) is 7.04. The normalized spacial score (nSPS) is 20.4. The van der Waals surface area contributed by atoms with Gasteiger partial charge >= 0.3 is 0 Å². The predicted octanol–water partition coefficient (Wildman–Crippen LogP) is 1.70. The summed E-state index contributed by atoms with van der Waals surface area (Å²) in [6.45, 7) is 7.05. The summed E-state index contributed by atoms with van der Waals surface area (Å²) < 4.78 is 0. The number of piperidine rings is 2. The molecule has 2 aliphatic heterocycles. The zero-order chi connectivity index (χ0) is 16.9. The van der Waals surface area contributed by atoms with Crippen molar-refractivity contribution in [1.29, 1.82) is 0 Å². The first kappa shape index (κ1) is 17.1. The number of hydrogen-bond donors (Lipinski definition) is 0. The van der Waals surface area contributed by atoms with Gasteiger partial charge in [-0.3, -0.25) is 4.79 Å². The van der Waals surface area contributed by atoms with E-state index in [-0.39, 0.29) is 0 Å². The Morgan fingerprint density at radius 1 is 1.17 bits per heavy atom. The van der Waals surface area contributed by atoms with Crippen molar-refractivity contribution in [3.05, 3.63) is 18.1 Å². The van der Waals surface area contributed by atoms with Crippen molar-refractivity contribution in [2.45, 2.75) is 45.1 Å². The fraction of sp³-hybridized carbons (Fsp3) is 0.722. The first-order chi connectivity index (χ1) is 11.6. The zero-order valence-corrected chi connectivity index (χ0v) is 14.9. The number of aromatic nitrogens is 2. The van der Waals surface area contributed by atoms with Crippen LogP contribution in [0.15, 0.2) is 12.4 Å². The van der Waals surface area contributed by atoms with Crippen LogP contribution in [0.2, 0.25) is 0 Å². The van der Waals surface area contributed by atoms with Crippen molar-refractivity contribution in [2.24, 2.45) is 0 Å². The minimum absolute atomic E-state index is 0.343. The summed E-state index contributed by atoms with van der Waals surface area (Å²) in [4.78, 5) is 27.3. The van der Waals surface area contributed by atoms with Crippen molar-refractivity contribution in [2.75, 3.05) is 44.7 Å². The number of nitrogens with zero attached hydrogens (tertiary/aromatic N) is 5. The van der Waals surface area contributed by atoms with E-state index in [1.165, 1.54) is 0 Å². The molecule has 0 spiro atoms. The molecule has 2 fully saturated rings. The topological polar surface area (TPSA) is 52.6 Å². The van der Waals surface area contributed by atoms with Crippen molar-refractivity contribution < 1.29 is 4.79 Å². The number of anilines is 1. The molecule has 24 heavy (non-hydrogen) atoms. The quantitative estimate of drug-likeness (QED) is 0.822. The highest BCUT2D eigenvalue weighted by molar-refractivity contribution is 5.76. The molecular weight excluding hydrogens is 302 g/mol. The molecule has 0 aromatic carbocycles. The Kier molecular flexibility index (Phi) is 5.66. The second-order valence-electron chi connectivity index (χ2n) is 7.04. The van der Waals surface area contributed by atoms with Crippen LogP contribution in [0.3, 0.4) is 0 Å². The molecule has 1 amide bonds. The summed E-state index contributed by atoms with van der Waals surface area (Å²) in [5, 5.41) is 0. The first-order valence-electron chi connectivity index (χ1n) is 9.15. The van der Waals surface area contributed by atoms with Crippen molar-refractivity contribution in [3.63, 3.8) is 0 Å². The Hall–Kier alpha value is -1.69. The van der Waals surface area contributed by atoms with Crippen molar-refractivity contribution in [1.82, 2.24) is 19.8 Å². The second kappa shape index (κ2) is 7.92. The van der Waals surface area contributed by atoms with Gasteiger partial charge in [0.25, 0.3) is 0 Å². The SMILES string of the molecule is Cc1cc(N(C)C2CCN(CCN3CCCCC3=O)CC2)ncn1. The molecule has 2 saturated heterocycles. The third-order valence-corrected chi connectivity index (χ3v) is 5.36. The van der Waals surface area contributed by atoms with Gasteiger partial charge < -0.3 is 14.7 Å². The zero-order valence-electron chi connectivity index (χ0n) is 14.9. The van der Waals surface area contributed by atoms with E-state index in [9.17, 15) is 4.79 Å². The molecule has 6 nitrogen and oxygen atoms in total. The van der Waals surface area contributed by atoms with Gasteiger partial charge in [-0.05, 0) is 32.6 Å². The van der Waals surface area contributed by atoms with Gasteiger partial charge in [-0.25, -0.2) is 9.97 Å². The Labute approximate surface area is 144 Å². The molecule has 0 unspecified atom stereocenters. The van der Waals surface area contributed by atoms with E-state index in [2.05, 4.69) is 26.8 Å². The Balaban J connectivity index is 1.44. The van der Waals surface area contributed by atoms with Gasteiger partial charge in [-0.2, -0.15) is 0 Å². The van der Waals surface area contributed by atoms with Crippen LogP contribution in [-0.4, -0.2) is 71.5 Å². The molecule has 0 saturated carbocycles. The van der Waals surface area contributed by atoms with E-state index in [4.69, 9.17) is 0 Å². The molecule has 3 rings (SSSR count). The van der Waals surface area contributed by atoms with Gasteiger partial charge in [-0.15, -0.1) is 0 Å². The van der Waals surface area contributed by atoms with E-state index in [0.717, 1.165) is 76.3 Å². The summed E-state index contributed by atoms with van der Waals surface area (Å²) >= 11 is 0. The Morgan fingerprint density at radius 3 is 2.67 bits per heavy atom. The van der Waals surface area contributed by atoms with Gasteiger partial charge in [0.05, 0.1) is 0 Å². The lowest BCUT2D eigenvalue weighted by atomic mass is 10.0. The average Bonchev–Trinajstić information content (AvgIpc) is 2.61. The standard InChI is InChI=1S/C18H29N5O/c1-15-13-17(20-14-19-15)21(2)16-6-9-22(10-7-16)11-12-23-8-4-3-5-18(23)24/h13-14,16H,3-12H2,1-2H3. The molecule has 132 valence electrons. The highest BCUT2D eigenvalue weighted by Gasteiger charge is 2.24. The van der Waals surface area contributed by atoms with E-state index >= 15 is 0 Å². The van der Waals surface area contributed by atoms with E-state index in [1.807, 2.05) is 17.9 Å². The number of likely N-dealkylation sites (tertiary alicyclic amines) is 2. The number of rotatable bonds is 5. The molecule has 2 aliphatic rings. The molecule has 1 aromatic heterocycles. The number of carbonyl (C=O) groups excluding carboxylic acids is 1. The number of carbonyl (C=O) groups is 1. The summed E-state index contributed by atoms with van der Waals surface area (Å²) in [6, 6.07) is 2.58. The minimum Gasteiger partial charge on any atom is -0.356 e. The van der Waals surface area contributed by atoms with Crippen LogP contribution in [-0.2, 0) is 4.79 Å². The number of aryl methyl sites for hydroxylation is 1. The summed E-state index contributed by atoms with van der Waals surface area (Å²) in [5.74, 6) is 1.36. The molecule has 0 radical (unpaired) electrons. The van der Waals surface area contributed by atoms with Crippen LogP contribution in [0.4, 0.5) is 5.82 Å². The van der Waals surface area contributed by atoms with Crippen LogP contribution in [0.25, 0.3) is 0 Å². The molecule has 0 atom stereocenters. The van der Waals surface area contributed by atoms with Gasteiger partial charge in [0, 0.05) is 64.0 Å². The highest BCUT2D eigenvalue weighted by Crippen LogP contribution is 2.20. The summed E-state index contributed by atoms with van der Waals surface area (Å²) in [5.41, 5.74) is 1.01. The van der Waals surface area contributed by atoms with Crippen LogP contribution < -0.4 is 4.90 Å². The van der Waals surface area contributed by atoms with Crippen LogP contribution in [0, 0.1) is 6.92 Å². The lowest BCUT2D eigenvalue weighted by molar-refractivity contribution is -0.133. The monoisotopic (exact) mass is 331 g/mol. The smallest absolute Gasteiger partial charge is 0.222 e. The maximum atomic E-state index is 11.9. The molecule has 3 heterocycles. The highest BCUT2D eigenvalue weighted by atomic mass is 16.2. The van der Waals surface area contributed by atoms with Crippen LogP contribution in [0.5, 0.6) is 0 Å². The summed E-state index contributed by atoms with van der Waals surface area (Å²) in [6.07, 6.45) is 6.91. The van der Waals surface area contributed by atoms with Gasteiger partial charge in [-0.1, -0.05) is 0 Å². The average molecular weight is 331 g/mol. The first-order valence-corrected chi connectivity index (χ1v) is 9.15. The maximum Gasteiger partial charge on any atom is 0.222 e. The number of amides is 1. The number of hydrogen-bond acceptors (Lipinski definition) is 5. The van der Waals surface area contributed by atoms with Gasteiger partial charge in [0.15, 0.2) is 0 Å². The Morgan fingerprint density at radius 2 is 1.96 bits per heavy atom. The maximum absolute atomic E-state index is 11.9.